The zero-order valence-corrected chi connectivity index (χ0v) is 16.1. The van der Waals surface area contributed by atoms with E-state index >= 15 is 4.39 Å². The average Bonchev–Trinajstić information content (AvgIpc) is 3.41. The van der Waals surface area contributed by atoms with Crippen LogP contribution in [0.2, 0.25) is 0 Å². The van der Waals surface area contributed by atoms with Crippen molar-refractivity contribution in [3.8, 4) is 23.1 Å². The molecule has 0 fully saturated rings. The Balaban J connectivity index is 1.70. The number of hydrogen-bond acceptors (Lipinski definition) is 6. The molecule has 1 atom stereocenters. The van der Waals surface area contributed by atoms with Crippen LogP contribution in [0.4, 0.5) is 4.39 Å². The van der Waals surface area contributed by atoms with Gasteiger partial charge in [0.2, 0.25) is 0 Å². The molecule has 4 aromatic rings. The number of halogens is 1. The SMILES string of the molecule is Cc1sc2c(c1-n1cccn1)[O][Al][O]c1ccnn1-c1cccc(n1)C2F. The van der Waals surface area contributed by atoms with Gasteiger partial charge in [-0.25, -0.2) is 14.1 Å². The molecule has 0 spiro atoms. The van der Waals surface area contributed by atoms with E-state index in [-0.39, 0.29) is 0 Å². The van der Waals surface area contributed by atoms with Gasteiger partial charge in [0.1, 0.15) is 11.4 Å². The van der Waals surface area contributed by atoms with E-state index < -0.39 is 22.1 Å². The summed E-state index contributed by atoms with van der Waals surface area (Å²) in [6.45, 7) is 1.92. The summed E-state index contributed by atoms with van der Waals surface area (Å²) in [6, 6.07) is 8.73. The predicted octanol–water partition coefficient (Wildman–Crippen LogP) is 3.19. The largest absolute Gasteiger partial charge is 0.883 e. The predicted molar refractivity (Wildman–Crippen MR) is 97.5 cm³/mol. The van der Waals surface area contributed by atoms with Crippen molar-refractivity contribution in [1.82, 2.24) is 24.5 Å². The van der Waals surface area contributed by atoms with Crippen molar-refractivity contribution in [3.63, 3.8) is 0 Å². The fourth-order valence-corrected chi connectivity index (χ4v) is 4.81. The highest BCUT2D eigenvalue weighted by molar-refractivity contribution is 7.12. The summed E-state index contributed by atoms with van der Waals surface area (Å²) in [7, 11) is 0. The summed E-state index contributed by atoms with van der Waals surface area (Å²) in [6.07, 6.45) is 3.66. The molecule has 0 saturated heterocycles. The fraction of sp³-hybridized carbons (Fsp3) is 0.118. The van der Waals surface area contributed by atoms with Crippen molar-refractivity contribution >= 4 is 27.2 Å². The molecule has 0 saturated carbocycles. The van der Waals surface area contributed by atoms with Crippen molar-refractivity contribution < 1.29 is 12.0 Å². The van der Waals surface area contributed by atoms with Crippen molar-refractivity contribution in [1.29, 1.82) is 0 Å². The second-order valence-electron chi connectivity index (χ2n) is 5.85. The maximum Gasteiger partial charge on any atom is 0.883 e. The molecule has 0 aromatic carbocycles. The van der Waals surface area contributed by atoms with Crippen molar-refractivity contribution in [2.75, 3.05) is 0 Å². The number of aryl methyl sites for hydroxylation is 1. The minimum absolute atomic E-state index is 0.295. The van der Waals surface area contributed by atoms with Gasteiger partial charge >= 0.3 is 15.9 Å². The normalized spacial score (nSPS) is 15.6. The van der Waals surface area contributed by atoms with E-state index in [9.17, 15) is 0 Å². The third kappa shape index (κ3) is 2.73. The maximum absolute atomic E-state index is 15.5. The lowest BCUT2D eigenvalue weighted by Gasteiger charge is -2.12. The molecule has 4 aromatic heterocycles. The molecular formula is C17H12AlFN5O2S. The molecule has 1 radical (unpaired) electrons. The first-order valence-corrected chi connectivity index (χ1v) is 9.92. The number of aromatic nitrogens is 5. The van der Waals surface area contributed by atoms with Gasteiger partial charge in [0, 0.05) is 23.3 Å². The van der Waals surface area contributed by atoms with Crippen molar-refractivity contribution in [2.45, 2.75) is 13.1 Å². The van der Waals surface area contributed by atoms with E-state index in [1.165, 1.54) is 16.0 Å². The summed E-state index contributed by atoms with van der Waals surface area (Å²) in [4.78, 5) is 5.82. The van der Waals surface area contributed by atoms with Gasteiger partial charge in [-0.05, 0) is 25.1 Å². The summed E-state index contributed by atoms with van der Waals surface area (Å²) < 4.78 is 30.5. The highest BCUT2D eigenvalue weighted by Gasteiger charge is 2.29. The molecule has 27 heavy (non-hydrogen) atoms. The zero-order chi connectivity index (χ0) is 18.4. The van der Waals surface area contributed by atoms with Crippen LogP contribution >= 0.6 is 11.3 Å². The molecule has 10 heteroatoms. The van der Waals surface area contributed by atoms with Crippen LogP contribution in [-0.2, 0) is 0 Å². The van der Waals surface area contributed by atoms with Crippen LogP contribution in [0.3, 0.4) is 0 Å². The Hall–Kier alpha value is -2.67. The smallest absolute Gasteiger partial charge is 0.613 e. The number of pyridine rings is 1. The summed E-state index contributed by atoms with van der Waals surface area (Å²) in [5, 5.41) is 8.50. The third-order valence-corrected chi connectivity index (χ3v) is 5.96. The number of rotatable bonds is 1. The molecule has 1 aliphatic rings. The molecule has 7 nitrogen and oxygen atoms in total. The quantitative estimate of drug-likeness (QED) is 0.463. The standard InChI is InChI=1S/C17H14FN5O2S.Al/c1-10-15(22-9-3-7-19-22)16(25)17(26-10)14(18)11-4-2-5-12(21-11)23-13(24)6-8-20-23;/h2-9,14,24-25H,1H3;/q;+2/p-2. The van der Waals surface area contributed by atoms with Gasteiger partial charge in [-0.15, -0.1) is 11.3 Å². The zero-order valence-electron chi connectivity index (χ0n) is 14.1. The topological polar surface area (TPSA) is 67.0 Å². The van der Waals surface area contributed by atoms with Gasteiger partial charge in [-0.3, -0.25) is 0 Å². The van der Waals surface area contributed by atoms with Gasteiger partial charge in [-0.2, -0.15) is 14.9 Å². The molecule has 2 bridgehead atoms. The first-order valence-electron chi connectivity index (χ1n) is 8.16. The number of hydrogen-bond donors (Lipinski definition) is 0. The van der Waals surface area contributed by atoms with Gasteiger partial charge in [-0.1, -0.05) is 6.07 Å². The van der Waals surface area contributed by atoms with Gasteiger partial charge in [0.25, 0.3) is 0 Å². The van der Waals surface area contributed by atoms with Crippen LogP contribution in [0.25, 0.3) is 11.5 Å². The fourth-order valence-electron chi connectivity index (χ4n) is 2.99. The highest BCUT2D eigenvalue weighted by Crippen LogP contribution is 2.44. The molecule has 0 aliphatic carbocycles. The molecule has 1 aliphatic heterocycles. The minimum atomic E-state index is -1.43. The van der Waals surface area contributed by atoms with Crippen LogP contribution in [0, 0.1) is 6.92 Å². The number of nitrogens with zero attached hydrogens (tertiary/aromatic N) is 5. The summed E-state index contributed by atoms with van der Waals surface area (Å²) in [5.74, 6) is 1.45. The van der Waals surface area contributed by atoms with Crippen molar-refractivity contribution in [3.05, 3.63) is 64.4 Å². The van der Waals surface area contributed by atoms with Crippen LogP contribution in [0.15, 0.2) is 48.9 Å². The van der Waals surface area contributed by atoms with Crippen molar-refractivity contribution in [2.24, 2.45) is 0 Å². The molecule has 0 amide bonds. The van der Waals surface area contributed by atoms with E-state index in [2.05, 4.69) is 15.2 Å². The Morgan fingerprint density at radius 1 is 1.15 bits per heavy atom. The lowest BCUT2D eigenvalue weighted by molar-refractivity contribution is 0.386. The second-order valence-corrected chi connectivity index (χ2v) is 7.77. The average molecular weight is 396 g/mol. The Labute approximate surface area is 164 Å². The summed E-state index contributed by atoms with van der Waals surface area (Å²) in [5.41, 5.74) is 1.02. The molecule has 5 rings (SSSR count). The maximum atomic E-state index is 15.5. The molecular weight excluding hydrogens is 384 g/mol. The highest BCUT2D eigenvalue weighted by atomic mass is 32.1. The Morgan fingerprint density at radius 2 is 2.07 bits per heavy atom. The first-order chi connectivity index (χ1) is 13.2. The van der Waals surface area contributed by atoms with E-state index in [1.54, 1.807) is 47.5 Å². The number of fused-ring (bicyclic) bond motifs is 5. The molecule has 5 heterocycles. The van der Waals surface area contributed by atoms with Crippen LogP contribution in [-0.4, -0.2) is 40.4 Å². The van der Waals surface area contributed by atoms with E-state index in [0.717, 1.165) is 10.6 Å². The van der Waals surface area contributed by atoms with Gasteiger partial charge < -0.3 is 7.58 Å². The monoisotopic (exact) mass is 396 g/mol. The lowest BCUT2D eigenvalue weighted by atomic mass is 10.2. The van der Waals surface area contributed by atoms with E-state index in [0.29, 0.717) is 28.0 Å². The minimum Gasteiger partial charge on any atom is -0.613 e. The summed E-state index contributed by atoms with van der Waals surface area (Å²) >= 11 is 0.405. The Morgan fingerprint density at radius 3 is 2.93 bits per heavy atom. The van der Waals surface area contributed by atoms with Gasteiger partial charge in [0.05, 0.1) is 16.8 Å². The van der Waals surface area contributed by atoms with E-state index in [4.69, 9.17) is 7.58 Å². The van der Waals surface area contributed by atoms with E-state index in [1.807, 2.05) is 13.0 Å². The Bertz CT molecular complexity index is 1110. The van der Waals surface area contributed by atoms with Crippen LogP contribution in [0.1, 0.15) is 21.6 Å². The van der Waals surface area contributed by atoms with Crippen LogP contribution in [0.5, 0.6) is 11.6 Å². The molecule has 0 N–H and O–H groups in total. The molecule has 1 unspecified atom stereocenters. The lowest BCUT2D eigenvalue weighted by Crippen LogP contribution is -2.15. The first kappa shape index (κ1) is 16.5. The van der Waals surface area contributed by atoms with Gasteiger partial charge in [0.15, 0.2) is 17.9 Å². The number of thiophene rings is 1. The second kappa shape index (κ2) is 6.49. The molecule has 133 valence electrons. The Kier molecular flexibility index (Phi) is 3.97. The third-order valence-electron chi connectivity index (χ3n) is 4.17. The number of alkyl halides is 1. The van der Waals surface area contributed by atoms with Crippen LogP contribution < -0.4 is 7.58 Å².